The Morgan fingerprint density at radius 2 is 1.89 bits per heavy atom. The summed E-state index contributed by atoms with van der Waals surface area (Å²) in [6.45, 7) is 8.87. The summed E-state index contributed by atoms with van der Waals surface area (Å²) >= 11 is 0. The second-order valence-electron chi connectivity index (χ2n) is 5.62. The van der Waals surface area contributed by atoms with Crippen LogP contribution < -0.4 is 11.1 Å². The predicted octanol–water partition coefficient (Wildman–Crippen LogP) is 0.485. The van der Waals surface area contributed by atoms with Crippen molar-refractivity contribution in [2.75, 3.05) is 6.54 Å². The van der Waals surface area contributed by atoms with E-state index in [2.05, 4.69) is 24.1 Å². The summed E-state index contributed by atoms with van der Waals surface area (Å²) < 4.78 is 0. The summed E-state index contributed by atoms with van der Waals surface area (Å²) in [6.07, 6.45) is 1.88. The first kappa shape index (κ1) is 15.0. The van der Waals surface area contributed by atoms with Crippen molar-refractivity contribution < 1.29 is 9.59 Å². The number of primary amides is 1. The Balaban J connectivity index is 2.66. The van der Waals surface area contributed by atoms with E-state index in [4.69, 9.17) is 5.73 Å². The molecule has 18 heavy (non-hydrogen) atoms. The Labute approximate surface area is 109 Å². The lowest BCUT2D eigenvalue weighted by Crippen LogP contribution is -2.54. The first-order chi connectivity index (χ1) is 8.34. The van der Waals surface area contributed by atoms with Crippen molar-refractivity contribution >= 4 is 11.8 Å². The maximum atomic E-state index is 12.2. The molecule has 0 aliphatic carbocycles. The van der Waals surface area contributed by atoms with Gasteiger partial charge in [0.25, 0.3) is 0 Å². The zero-order valence-corrected chi connectivity index (χ0v) is 11.8. The van der Waals surface area contributed by atoms with Crippen LogP contribution in [0.1, 0.15) is 40.5 Å². The average molecular weight is 255 g/mol. The van der Waals surface area contributed by atoms with E-state index in [1.54, 1.807) is 0 Å². The highest BCUT2D eigenvalue weighted by Gasteiger charge is 2.34. The molecule has 1 aliphatic rings. The third-order valence-corrected chi connectivity index (χ3v) is 3.53. The zero-order chi connectivity index (χ0) is 13.9. The van der Waals surface area contributed by atoms with E-state index in [1.807, 2.05) is 13.8 Å². The molecule has 0 saturated carbocycles. The molecule has 0 aromatic carbocycles. The van der Waals surface area contributed by atoms with Crippen LogP contribution in [-0.4, -0.2) is 41.4 Å². The van der Waals surface area contributed by atoms with Crippen LogP contribution in [0.15, 0.2) is 0 Å². The van der Waals surface area contributed by atoms with Crippen molar-refractivity contribution in [3.63, 3.8) is 0 Å². The lowest BCUT2D eigenvalue weighted by molar-refractivity contribution is -0.131. The van der Waals surface area contributed by atoms with Crippen molar-refractivity contribution in [1.29, 1.82) is 0 Å². The van der Waals surface area contributed by atoms with Crippen molar-refractivity contribution in [2.24, 2.45) is 11.7 Å². The summed E-state index contributed by atoms with van der Waals surface area (Å²) in [7, 11) is 0. The van der Waals surface area contributed by atoms with E-state index in [1.165, 1.54) is 0 Å². The molecule has 5 heteroatoms. The van der Waals surface area contributed by atoms with E-state index in [9.17, 15) is 9.59 Å². The van der Waals surface area contributed by atoms with Crippen LogP contribution in [0.25, 0.3) is 0 Å². The summed E-state index contributed by atoms with van der Waals surface area (Å²) in [5.74, 6) is -0.522. The van der Waals surface area contributed by atoms with Crippen LogP contribution in [0.4, 0.5) is 0 Å². The minimum absolute atomic E-state index is 0.0142. The van der Waals surface area contributed by atoms with Gasteiger partial charge in [0.2, 0.25) is 11.8 Å². The van der Waals surface area contributed by atoms with Crippen LogP contribution in [0.3, 0.4) is 0 Å². The van der Waals surface area contributed by atoms with E-state index in [-0.39, 0.29) is 17.9 Å². The number of rotatable bonds is 5. The molecule has 1 fully saturated rings. The molecule has 0 unspecified atom stereocenters. The smallest absolute Gasteiger partial charge is 0.240 e. The molecule has 2 atom stereocenters. The van der Waals surface area contributed by atoms with Crippen molar-refractivity contribution in [1.82, 2.24) is 10.2 Å². The van der Waals surface area contributed by atoms with Gasteiger partial charge in [-0.1, -0.05) is 13.8 Å². The van der Waals surface area contributed by atoms with Gasteiger partial charge in [-0.05, 0) is 39.2 Å². The molecule has 1 saturated heterocycles. The Hall–Kier alpha value is -1.10. The van der Waals surface area contributed by atoms with Gasteiger partial charge in [-0.25, -0.2) is 0 Å². The number of hydrogen-bond donors (Lipinski definition) is 2. The number of nitrogens with one attached hydrogen (secondary N) is 1. The van der Waals surface area contributed by atoms with Crippen LogP contribution in [0.5, 0.6) is 0 Å². The summed E-state index contributed by atoms with van der Waals surface area (Å²) in [5.41, 5.74) is 5.31. The van der Waals surface area contributed by atoms with Gasteiger partial charge in [-0.3, -0.25) is 14.5 Å². The highest BCUT2D eigenvalue weighted by molar-refractivity contribution is 5.89. The molecule has 104 valence electrons. The quantitative estimate of drug-likeness (QED) is 0.750. The van der Waals surface area contributed by atoms with E-state index in [0.29, 0.717) is 6.04 Å². The molecule has 0 bridgehead atoms. The molecule has 1 aliphatic heterocycles. The Bertz CT molecular complexity index is 315. The Kier molecular flexibility index (Phi) is 5.14. The van der Waals surface area contributed by atoms with Crippen LogP contribution in [-0.2, 0) is 9.59 Å². The third-order valence-electron chi connectivity index (χ3n) is 3.53. The molecule has 0 aromatic rings. The SMILES string of the molecule is CC(C)[C@H](NC(=O)[C@@H]1CCCN1C(C)C)C(N)=O. The first-order valence-corrected chi connectivity index (χ1v) is 6.70. The van der Waals surface area contributed by atoms with Crippen LogP contribution in [0, 0.1) is 5.92 Å². The zero-order valence-electron chi connectivity index (χ0n) is 11.8. The monoisotopic (exact) mass is 255 g/mol. The number of carbonyl (C=O) groups is 2. The van der Waals surface area contributed by atoms with Gasteiger partial charge in [0.1, 0.15) is 6.04 Å². The number of amides is 2. The number of nitrogens with zero attached hydrogens (tertiary/aromatic N) is 1. The average Bonchev–Trinajstić information content (AvgIpc) is 2.73. The molecule has 2 amide bonds. The summed E-state index contributed by atoms with van der Waals surface area (Å²) in [4.78, 5) is 25.7. The number of nitrogens with two attached hydrogens (primary N) is 1. The largest absolute Gasteiger partial charge is 0.368 e. The highest BCUT2D eigenvalue weighted by atomic mass is 16.2. The fourth-order valence-electron chi connectivity index (χ4n) is 2.50. The molecule has 0 aromatic heterocycles. The fraction of sp³-hybridized carbons (Fsp3) is 0.846. The lowest BCUT2D eigenvalue weighted by Gasteiger charge is -2.29. The molecule has 1 heterocycles. The second-order valence-corrected chi connectivity index (χ2v) is 5.62. The lowest BCUT2D eigenvalue weighted by atomic mass is 10.0. The van der Waals surface area contributed by atoms with Crippen molar-refractivity contribution in [3.05, 3.63) is 0 Å². The molecule has 0 spiro atoms. The Morgan fingerprint density at radius 3 is 2.33 bits per heavy atom. The standard InChI is InChI=1S/C13H25N3O2/c1-8(2)11(12(14)17)15-13(18)10-6-5-7-16(10)9(3)4/h8-11H,5-7H2,1-4H3,(H2,14,17)(H,15,18)/t10-,11-/m0/s1. The van der Waals surface area contributed by atoms with Gasteiger partial charge in [-0.2, -0.15) is 0 Å². The van der Waals surface area contributed by atoms with E-state index >= 15 is 0 Å². The maximum absolute atomic E-state index is 12.2. The number of likely N-dealkylation sites (tertiary alicyclic amines) is 1. The highest BCUT2D eigenvalue weighted by Crippen LogP contribution is 2.20. The van der Waals surface area contributed by atoms with Gasteiger partial charge in [0.05, 0.1) is 6.04 Å². The van der Waals surface area contributed by atoms with Crippen LogP contribution >= 0.6 is 0 Å². The topological polar surface area (TPSA) is 75.4 Å². The van der Waals surface area contributed by atoms with Crippen LogP contribution in [0.2, 0.25) is 0 Å². The van der Waals surface area contributed by atoms with E-state index in [0.717, 1.165) is 19.4 Å². The summed E-state index contributed by atoms with van der Waals surface area (Å²) in [5, 5.41) is 2.79. The van der Waals surface area contributed by atoms with Crippen molar-refractivity contribution in [2.45, 2.75) is 58.7 Å². The van der Waals surface area contributed by atoms with E-state index < -0.39 is 11.9 Å². The normalized spacial score (nSPS) is 22.4. The fourth-order valence-corrected chi connectivity index (χ4v) is 2.50. The predicted molar refractivity (Wildman–Crippen MR) is 70.8 cm³/mol. The molecule has 1 rings (SSSR count). The first-order valence-electron chi connectivity index (χ1n) is 6.70. The summed E-state index contributed by atoms with van der Waals surface area (Å²) in [6, 6.07) is -0.355. The maximum Gasteiger partial charge on any atom is 0.240 e. The second kappa shape index (κ2) is 6.18. The van der Waals surface area contributed by atoms with Gasteiger partial charge in [0, 0.05) is 6.04 Å². The molecule has 5 nitrogen and oxygen atoms in total. The molecule has 0 radical (unpaired) electrons. The van der Waals surface area contributed by atoms with Gasteiger partial charge in [-0.15, -0.1) is 0 Å². The van der Waals surface area contributed by atoms with Gasteiger partial charge in [0.15, 0.2) is 0 Å². The minimum atomic E-state index is -0.577. The molecular weight excluding hydrogens is 230 g/mol. The van der Waals surface area contributed by atoms with Gasteiger partial charge >= 0.3 is 0 Å². The third kappa shape index (κ3) is 3.45. The van der Waals surface area contributed by atoms with Crippen molar-refractivity contribution in [3.8, 4) is 0 Å². The van der Waals surface area contributed by atoms with Gasteiger partial charge < -0.3 is 11.1 Å². The Morgan fingerprint density at radius 1 is 1.28 bits per heavy atom. The number of hydrogen-bond acceptors (Lipinski definition) is 3. The molecular formula is C13H25N3O2. The number of carbonyl (C=O) groups excluding carboxylic acids is 2. The molecule has 3 N–H and O–H groups in total. The minimum Gasteiger partial charge on any atom is -0.368 e.